The quantitative estimate of drug-likeness (QED) is 0.120. The van der Waals surface area contributed by atoms with Crippen LogP contribution in [0.5, 0.6) is 0 Å². The van der Waals surface area contributed by atoms with E-state index in [9.17, 15) is 10.1 Å². The van der Waals surface area contributed by atoms with Crippen molar-refractivity contribution in [3.8, 4) is 6.07 Å². The van der Waals surface area contributed by atoms with Crippen LogP contribution >= 0.6 is 28.3 Å². The SMILES string of the molecule is C.C.CC(C)(C)CCBr.Cc1ccc(C(C#N)CCC(C)(C)C)cc1.Cc1ccc(C(CN)CCC(C)(C)C)cc1.Cl.O=C=O.O=C=O.[C-]#[N+]Cc1ccc(C(=O)OC)cc1. The largest absolute Gasteiger partial charge is 0.465 e. The maximum absolute atomic E-state index is 11.0. The second kappa shape index (κ2) is 38.5. The zero-order chi connectivity index (χ0) is 45.4. The minimum absolute atomic E-state index is 0. The minimum Gasteiger partial charge on any atom is -0.465 e. The molecule has 3 aromatic carbocycles. The Bertz CT molecular complexity index is 1670. The summed E-state index contributed by atoms with van der Waals surface area (Å²) in [5.74, 6) is 0.203. The Morgan fingerprint density at radius 1 is 0.721 bits per heavy atom. The number of hydrogen-bond donors (Lipinski definition) is 1. The van der Waals surface area contributed by atoms with Gasteiger partial charge in [0.1, 0.15) is 0 Å². The smallest absolute Gasteiger partial charge is 0.373 e. The number of rotatable bonds is 10. The lowest BCUT2D eigenvalue weighted by Crippen LogP contribution is -2.15. The number of alkyl halides is 1. The molecule has 0 heterocycles. The second-order valence-corrected chi connectivity index (χ2v) is 18.1. The molecule has 0 aliphatic carbocycles. The summed E-state index contributed by atoms with van der Waals surface area (Å²) < 4.78 is 4.54. The lowest BCUT2D eigenvalue weighted by Gasteiger charge is -2.22. The monoisotopic (exact) mass is 929 g/mol. The summed E-state index contributed by atoms with van der Waals surface area (Å²) in [6.45, 7) is 32.2. The van der Waals surface area contributed by atoms with Gasteiger partial charge in [-0.1, -0.05) is 165 Å². The average Bonchev–Trinajstić information content (AvgIpc) is 3.14. The van der Waals surface area contributed by atoms with Crippen LogP contribution in [0.2, 0.25) is 0 Å². The highest BCUT2D eigenvalue weighted by molar-refractivity contribution is 9.09. The van der Waals surface area contributed by atoms with Crippen molar-refractivity contribution in [1.82, 2.24) is 0 Å². The summed E-state index contributed by atoms with van der Waals surface area (Å²) >= 11 is 3.39. The Morgan fingerprint density at radius 3 is 1.39 bits per heavy atom. The maximum atomic E-state index is 11.0. The number of nitrogens with two attached hydrogens (primary N) is 1. The first-order valence-corrected chi connectivity index (χ1v) is 20.4. The van der Waals surface area contributed by atoms with E-state index in [0.717, 1.165) is 35.8 Å². The molecule has 2 unspecified atom stereocenters. The molecule has 2 N–H and O–H groups in total. The van der Waals surface area contributed by atoms with Crippen molar-refractivity contribution in [3.63, 3.8) is 0 Å². The number of methoxy groups -OCH3 is 1. The van der Waals surface area contributed by atoms with Gasteiger partial charge in [0.25, 0.3) is 0 Å². The third-order valence-corrected chi connectivity index (χ3v) is 8.77. The number of carbonyl (C=O) groups excluding carboxylic acids is 5. The van der Waals surface area contributed by atoms with Crippen LogP contribution in [0.4, 0.5) is 0 Å². The van der Waals surface area contributed by atoms with Gasteiger partial charge in [0.05, 0.1) is 24.7 Å². The van der Waals surface area contributed by atoms with E-state index in [1.54, 1.807) is 24.3 Å². The summed E-state index contributed by atoms with van der Waals surface area (Å²) in [7, 11) is 1.34. The van der Waals surface area contributed by atoms with Crippen molar-refractivity contribution in [1.29, 1.82) is 5.26 Å². The van der Waals surface area contributed by atoms with Crippen LogP contribution < -0.4 is 5.73 Å². The Morgan fingerprint density at radius 2 is 1.10 bits per heavy atom. The number of carbonyl (C=O) groups is 1. The molecule has 2 atom stereocenters. The number of aryl methyl sites for hydroxylation is 2. The molecule has 0 amide bonds. The Balaban J connectivity index is -0.000000160. The molecule has 0 bridgehead atoms. The number of nitriles is 1. The summed E-state index contributed by atoms with van der Waals surface area (Å²) in [5.41, 5.74) is 13.6. The van der Waals surface area contributed by atoms with Gasteiger partial charge in [-0.25, -0.2) is 11.4 Å². The molecular weight excluding hydrogens is 854 g/mol. The van der Waals surface area contributed by atoms with Crippen LogP contribution in [0.1, 0.15) is 159 Å². The highest BCUT2D eigenvalue weighted by Gasteiger charge is 2.17. The maximum Gasteiger partial charge on any atom is 0.373 e. The van der Waals surface area contributed by atoms with Crippen molar-refractivity contribution >= 4 is 46.6 Å². The Kier molecular flexibility index (Phi) is 43.2. The standard InChI is InChI=1S/C15H25N.C15H21N.C10H9NO2.C6H13Br.2CO2.2CH4.ClH/c2*1-12-5-7-13(8-6-12)14(11-16)9-10-15(2,3)4;1-11-7-8-3-5-9(6-4-8)10(12)13-2;1-6(2,3)4-5-7;2*2-1-3;;;/h5-8,14H,9-11,16H2,1-4H3;5-8,14H,9-10H2,1-4H3;3-6H,7H2,2H3;4-5H2,1-3H3;;;2*1H4;1H. The normalized spacial score (nSPS) is 10.6. The first-order chi connectivity index (χ1) is 27.0. The van der Waals surface area contributed by atoms with Crippen molar-refractivity contribution in [3.05, 3.63) is 118 Å². The lowest BCUT2D eigenvalue weighted by atomic mass is 9.84. The molecule has 3 aromatic rings. The molecule has 9 nitrogen and oxygen atoms in total. The van der Waals surface area contributed by atoms with Crippen LogP contribution in [0.15, 0.2) is 72.8 Å². The van der Waals surface area contributed by atoms with Crippen molar-refractivity contribution in [2.45, 2.75) is 141 Å². The topological polar surface area (TPSA) is 149 Å². The summed E-state index contributed by atoms with van der Waals surface area (Å²) in [4.78, 5) is 46.7. The van der Waals surface area contributed by atoms with Crippen molar-refractivity contribution in [2.24, 2.45) is 22.0 Å². The van der Waals surface area contributed by atoms with E-state index >= 15 is 0 Å². The number of halogens is 2. The summed E-state index contributed by atoms with van der Waals surface area (Å²) in [6, 6.07) is 26.3. The molecule has 0 radical (unpaired) electrons. The van der Waals surface area contributed by atoms with Gasteiger partial charge in [0, 0.05) is 10.9 Å². The van der Waals surface area contributed by atoms with Gasteiger partial charge < -0.3 is 15.3 Å². The highest BCUT2D eigenvalue weighted by atomic mass is 79.9. The van der Waals surface area contributed by atoms with Gasteiger partial charge in [-0.2, -0.15) is 24.4 Å². The van der Waals surface area contributed by atoms with Gasteiger partial charge in [-0.05, 0) is 97.9 Å². The van der Waals surface area contributed by atoms with Crippen molar-refractivity contribution < 1.29 is 28.7 Å². The Hall–Kier alpha value is -4.40. The van der Waals surface area contributed by atoms with Crippen LogP contribution in [0.25, 0.3) is 4.85 Å². The molecule has 0 saturated heterocycles. The molecule has 0 aromatic heterocycles. The zero-order valence-corrected chi connectivity index (χ0v) is 39.8. The Labute approximate surface area is 385 Å². The van der Waals surface area contributed by atoms with Gasteiger partial charge in [-0.3, -0.25) is 0 Å². The zero-order valence-electron chi connectivity index (χ0n) is 37.4. The van der Waals surface area contributed by atoms with Crippen LogP contribution in [0, 0.1) is 48.0 Å². The predicted molar refractivity (Wildman–Crippen MR) is 257 cm³/mol. The number of esters is 1. The van der Waals surface area contributed by atoms with E-state index in [1.807, 2.05) is 0 Å². The molecule has 11 heteroatoms. The van der Waals surface area contributed by atoms with E-state index in [1.165, 1.54) is 43.1 Å². The molecular formula is C50H77BrClN3O6. The van der Waals surface area contributed by atoms with Gasteiger partial charge >= 0.3 is 18.3 Å². The molecule has 342 valence electrons. The van der Waals surface area contributed by atoms with Crippen LogP contribution in [-0.4, -0.2) is 37.3 Å². The first-order valence-electron chi connectivity index (χ1n) is 19.3. The van der Waals surface area contributed by atoms with E-state index in [-0.39, 0.29) is 51.5 Å². The number of benzene rings is 3. The molecule has 0 spiro atoms. The van der Waals surface area contributed by atoms with Gasteiger partial charge in [0.15, 0.2) is 0 Å². The fraction of sp³-hybridized carbons (Fsp3) is 0.540. The molecule has 61 heavy (non-hydrogen) atoms. The average molecular weight is 932 g/mol. The molecule has 0 aliphatic heterocycles. The first kappa shape index (κ1) is 68.3. The molecule has 3 rings (SSSR count). The molecule has 0 fully saturated rings. The van der Waals surface area contributed by atoms with E-state index < -0.39 is 0 Å². The van der Waals surface area contributed by atoms with E-state index in [4.69, 9.17) is 31.5 Å². The van der Waals surface area contributed by atoms with Crippen LogP contribution in [-0.2, 0) is 30.5 Å². The highest BCUT2D eigenvalue weighted by Crippen LogP contribution is 2.29. The van der Waals surface area contributed by atoms with Crippen molar-refractivity contribution in [2.75, 3.05) is 19.0 Å². The number of nitrogens with zero attached hydrogens (tertiary/aromatic N) is 2. The number of ether oxygens (including phenoxy) is 1. The second-order valence-electron chi connectivity index (χ2n) is 17.3. The molecule has 0 aliphatic rings. The fourth-order valence-corrected chi connectivity index (χ4v) is 5.98. The fourth-order valence-electron chi connectivity index (χ4n) is 4.79. The third kappa shape index (κ3) is 40.8. The van der Waals surface area contributed by atoms with Gasteiger partial charge in [0.2, 0.25) is 6.54 Å². The van der Waals surface area contributed by atoms with Gasteiger partial charge in [-0.15, -0.1) is 12.4 Å². The summed E-state index contributed by atoms with van der Waals surface area (Å²) in [6.07, 6.45) is 6.20. The minimum atomic E-state index is -0.352. The summed E-state index contributed by atoms with van der Waals surface area (Å²) in [5, 5.41) is 10.3. The third-order valence-electron chi connectivity index (χ3n) is 8.38. The van der Waals surface area contributed by atoms with E-state index in [2.05, 4.69) is 156 Å². The lowest BCUT2D eigenvalue weighted by molar-refractivity contribution is -0.193. The van der Waals surface area contributed by atoms with Crippen LogP contribution in [0.3, 0.4) is 0 Å². The predicted octanol–water partition coefficient (Wildman–Crippen LogP) is 13.5. The molecule has 0 saturated carbocycles. The van der Waals surface area contributed by atoms with E-state index in [0.29, 0.717) is 34.3 Å². The number of hydrogen-bond acceptors (Lipinski definition) is 8.